The van der Waals surface area contributed by atoms with Gasteiger partial charge in [-0.05, 0) is 12.1 Å². The van der Waals surface area contributed by atoms with E-state index in [0.717, 1.165) is 0 Å². The zero-order valence-corrected chi connectivity index (χ0v) is 8.90. The highest BCUT2D eigenvalue weighted by atomic mass is 32.2. The number of benzene rings is 1. The lowest BCUT2D eigenvalue weighted by Gasteiger charge is -1.92. The van der Waals surface area contributed by atoms with Crippen molar-refractivity contribution in [2.75, 3.05) is 5.75 Å². The molecule has 2 rings (SSSR count). The molecular weight excluding hydrogens is 232 g/mol. The second-order valence-corrected chi connectivity index (χ2v) is 4.75. The molecule has 0 aliphatic heterocycles. The lowest BCUT2D eigenvalue weighted by atomic mass is 10.2. The predicted octanol–water partition coefficient (Wildman–Crippen LogP) is 1.50. The van der Waals surface area contributed by atoms with Gasteiger partial charge in [0, 0.05) is 5.39 Å². The van der Waals surface area contributed by atoms with Crippen LogP contribution in [-0.4, -0.2) is 24.5 Å². The molecule has 84 valence electrons. The number of fused-ring (bicyclic) bond motifs is 1. The number of rotatable bonds is 3. The highest BCUT2D eigenvalue weighted by Crippen LogP contribution is 2.19. The normalized spacial score (nSPS) is 11.8. The average molecular weight is 240 g/mol. The Morgan fingerprint density at radius 3 is 2.62 bits per heavy atom. The molecule has 16 heavy (non-hydrogen) atoms. The number of ketones is 1. The van der Waals surface area contributed by atoms with Gasteiger partial charge in [0.05, 0.1) is 0 Å². The maximum absolute atomic E-state index is 11.4. The molecule has 0 unspecified atom stereocenters. The minimum absolute atomic E-state index is 0.0705. The Morgan fingerprint density at radius 2 is 2.00 bits per heavy atom. The lowest BCUT2D eigenvalue weighted by molar-refractivity contribution is 0.0991. The molecule has 0 saturated heterocycles. The highest BCUT2D eigenvalue weighted by molar-refractivity contribution is 7.86. The van der Waals surface area contributed by atoms with Gasteiger partial charge in [-0.15, -0.1) is 0 Å². The fourth-order valence-corrected chi connectivity index (χ4v) is 1.83. The molecule has 0 spiro atoms. The first-order valence-electron chi connectivity index (χ1n) is 4.43. The predicted molar refractivity (Wildman–Crippen MR) is 57.0 cm³/mol. The summed E-state index contributed by atoms with van der Waals surface area (Å²) in [5.41, 5.74) is 0.501. The Labute approximate surface area is 91.4 Å². The van der Waals surface area contributed by atoms with Gasteiger partial charge in [-0.25, -0.2) is 0 Å². The lowest BCUT2D eigenvalue weighted by Crippen LogP contribution is -2.14. The Bertz CT molecular complexity index is 605. The van der Waals surface area contributed by atoms with Gasteiger partial charge < -0.3 is 4.42 Å². The van der Waals surface area contributed by atoms with Gasteiger partial charge in [-0.1, -0.05) is 18.2 Å². The van der Waals surface area contributed by atoms with Crippen molar-refractivity contribution in [1.82, 2.24) is 0 Å². The van der Waals surface area contributed by atoms with Crippen molar-refractivity contribution in [3.63, 3.8) is 0 Å². The largest absolute Gasteiger partial charge is 0.453 e. The van der Waals surface area contributed by atoms with Crippen LogP contribution in [0.4, 0.5) is 0 Å². The van der Waals surface area contributed by atoms with Gasteiger partial charge >= 0.3 is 0 Å². The summed E-state index contributed by atoms with van der Waals surface area (Å²) in [5.74, 6) is -1.80. The molecule has 2 aromatic rings. The number of Topliss-reactive ketones (excluding diaryl/α,β-unsaturated/α-hetero) is 1. The fourth-order valence-electron chi connectivity index (χ4n) is 1.36. The topological polar surface area (TPSA) is 84.6 Å². The van der Waals surface area contributed by atoms with Crippen LogP contribution >= 0.6 is 0 Å². The minimum Gasteiger partial charge on any atom is -0.453 e. The summed E-state index contributed by atoms with van der Waals surface area (Å²) in [6, 6.07) is 8.36. The van der Waals surface area contributed by atoms with E-state index >= 15 is 0 Å². The van der Waals surface area contributed by atoms with Crippen LogP contribution < -0.4 is 0 Å². The second kappa shape index (κ2) is 3.73. The molecule has 0 atom stereocenters. The summed E-state index contributed by atoms with van der Waals surface area (Å²) in [4.78, 5) is 11.4. The van der Waals surface area contributed by atoms with Crippen LogP contribution in [0.2, 0.25) is 0 Å². The van der Waals surface area contributed by atoms with E-state index in [1.165, 1.54) is 6.07 Å². The first-order valence-corrected chi connectivity index (χ1v) is 6.03. The summed E-state index contributed by atoms with van der Waals surface area (Å²) < 4.78 is 34.7. The molecule has 1 aromatic heterocycles. The van der Waals surface area contributed by atoms with E-state index in [2.05, 4.69) is 0 Å². The third-order valence-corrected chi connectivity index (χ3v) is 2.64. The summed E-state index contributed by atoms with van der Waals surface area (Å²) in [6.07, 6.45) is 0. The quantitative estimate of drug-likeness (QED) is 0.649. The molecule has 0 aliphatic carbocycles. The number of carbonyl (C=O) groups excluding carboxylic acids is 1. The van der Waals surface area contributed by atoms with Crippen LogP contribution in [0.5, 0.6) is 0 Å². The van der Waals surface area contributed by atoms with Crippen LogP contribution in [-0.2, 0) is 10.1 Å². The van der Waals surface area contributed by atoms with E-state index < -0.39 is 21.7 Å². The molecular formula is C10H8O5S. The van der Waals surface area contributed by atoms with Crippen molar-refractivity contribution in [3.8, 4) is 0 Å². The van der Waals surface area contributed by atoms with Crippen molar-refractivity contribution >= 4 is 26.9 Å². The minimum atomic E-state index is -4.32. The maximum Gasteiger partial charge on any atom is 0.272 e. The molecule has 1 heterocycles. The third kappa shape index (κ3) is 2.29. The maximum atomic E-state index is 11.4. The Balaban J connectivity index is 2.37. The van der Waals surface area contributed by atoms with Crippen molar-refractivity contribution in [3.05, 3.63) is 36.1 Å². The van der Waals surface area contributed by atoms with Gasteiger partial charge in [0.2, 0.25) is 5.78 Å². The van der Waals surface area contributed by atoms with Gasteiger partial charge in [-0.3, -0.25) is 9.35 Å². The van der Waals surface area contributed by atoms with Crippen molar-refractivity contribution in [1.29, 1.82) is 0 Å². The highest BCUT2D eigenvalue weighted by Gasteiger charge is 2.18. The van der Waals surface area contributed by atoms with Gasteiger partial charge in [-0.2, -0.15) is 8.42 Å². The van der Waals surface area contributed by atoms with Crippen LogP contribution in [0.25, 0.3) is 11.0 Å². The zero-order chi connectivity index (χ0) is 11.8. The fraction of sp³-hybridized carbons (Fsp3) is 0.100. The van der Waals surface area contributed by atoms with Crippen molar-refractivity contribution < 1.29 is 22.2 Å². The van der Waals surface area contributed by atoms with E-state index in [4.69, 9.17) is 8.97 Å². The molecule has 1 N–H and O–H groups in total. The molecule has 0 amide bonds. The van der Waals surface area contributed by atoms with Crippen LogP contribution in [0.15, 0.2) is 34.7 Å². The summed E-state index contributed by atoms with van der Waals surface area (Å²) in [5, 5.41) is 0.709. The van der Waals surface area contributed by atoms with E-state index in [0.29, 0.717) is 11.0 Å². The Kier molecular flexibility index (Phi) is 2.53. The first kappa shape index (κ1) is 10.8. The third-order valence-electron chi connectivity index (χ3n) is 2.01. The first-order chi connectivity index (χ1) is 7.46. The van der Waals surface area contributed by atoms with Gasteiger partial charge in [0.25, 0.3) is 10.1 Å². The van der Waals surface area contributed by atoms with Crippen LogP contribution in [0, 0.1) is 0 Å². The summed E-state index contributed by atoms with van der Waals surface area (Å²) in [6.45, 7) is 0. The standard InChI is InChI=1S/C10H8O5S/c11-8(6-16(12,13)14)10-5-7-3-1-2-4-9(7)15-10/h1-5H,6H2,(H,12,13,14). The molecule has 5 nitrogen and oxygen atoms in total. The number of carbonyl (C=O) groups is 1. The number of para-hydroxylation sites is 1. The van der Waals surface area contributed by atoms with Gasteiger partial charge in [0.1, 0.15) is 11.3 Å². The number of hydrogen-bond acceptors (Lipinski definition) is 4. The SMILES string of the molecule is O=C(CS(=O)(=O)O)c1cc2ccccc2o1. The number of hydrogen-bond donors (Lipinski definition) is 1. The summed E-state index contributed by atoms with van der Waals surface area (Å²) in [7, 11) is -4.32. The molecule has 0 radical (unpaired) electrons. The molecule has 0 bridgehead atoms. The monoisotopic (exact) mass is 240 g/mol. The van der Waals surface area contributed by atoms with Crippen LogP contribution in [0.1, 0.15) is 10.6 Å². The van der Waals surface area contributed by atoms with E-state index in [9.17, 15) is 13.2 Å². The molecule has 0 saturated carbocycles. The average Bonchev–Trinajstić information content (AvgIpc) is 2.58. The second-order valence-electron chi connectivity index (χ2n) is 3.30. The van der Waals surface area contributed by atoms with E-state index in [-0.39, 0.29) is 5.76 Å². The smallest absolute Gasteiger partial charge is 0.272 e. The number of furan rings is 1. The van der Waals surface area contributed by atoms with E-state index in [1.807, 2.05) is 0 Å². The van der Waals surface area contributed by atoms with Crippen LogP contribution in [0.3, 0.4) is 0 Å². The van der Waals surface area contributed by atoms with Crippen molar-refractivity contribution in [2.24, 2.45) is 0 Å². The summed E-state index contributed by atoms with van der Waals surface area (Å²) >= 11 is 0. The van der Waals surface area contributed by atoms with E-state index in [1.54, 1.807) is 24.3 Å². The molecule has 0 fully saturated rings. The Hall–Kier alpha value is -1.66. The Morgan fingerprint density at radius 1 is 1.31 bits per heavy atom. The molecule has 6 heteroatoms. The zero-order valence-electron chi connectivity index (χ0n) is 8.08. The van der Waals surface area contributed by atoms with Crippen molar-refractivity contribution in [2.45, 2.75) is 0 Å². The van der Waals surface area contributed by atoms with Gasteiger partial charge in [0.15, 0.2) is 5.76 Å². The molecule has 0 aliphatic rings. The molecule has 1 aromatic carbocycles.